The Morgan fingerprint density at radius 1 is 0.714 bits per heavy atom. The van der Waals surface area contributed by atoms with Crippen molar-refractivity contribution in [2.75, 3.05) is 39.3 Å². The number of amides is 4. The van der Waals surface area contributed by atoms with E-state index in [0.717, 1.165) is 30.4 Å². The lowest BCUT2D eigenvalue weighted by Gasteiger charge is -2.22. The van der Waals surface area contributed by atoms with Gasteiger partial charge in [0.15, 0.2) is 5.96 Å². The lowest BCUT2D eigenvalue weighted by molar-refractivity contribution is -0.125. The molecule has 0 aliphatic heterocycles. The number of nitrogens with zero attached hydrogens (tertiary/aromatic N) is 2. The van der Waals surface area contributed by atoms with Gasteiger partial charge in [-0.2, -0.15) is 0 Å². The number of carbonyl (C=O) groups excluding carboxylic acids is 4. The molecule has 14 nitrogen and oxygen atoms in total. The zero-order valence-corrected chi connectivity index (χ0v) is 28.3. The minimum Gasteiger partial charge on any atom is -0.445 e. The van der Waals surface area contributed by atoms with Gasteiger partial charge in [0.05, 0.1) is 12.5 Å². The van der Waals surface area contributed by atoms with Crippen LogP contribution in [-0.2, 0) is 32.3 Å². The molecule has 0 aliphatic carbocycles. The highest BCUT2D eigenvalue weighted by molar-refractivity contribution is 5.77. The summed E-state index contributed by atoms with van der Waals surface area (Å²) in [4.78, 5) is 54.8. The van der Waals surface area contributed by atoms with Crippen LogP contribution < -0.4 is 27.4 Å². The number of nitrogens with one attached hydrogen (secondary N) is 3. The molecule has 0 aromatic heterocycles. The Morgan fingerprint density at radius 2 is 1.33 bits per heavy atom. The van der Waals surface area contributed by atoms with Crippen molar-refractivity contribution in [2.24, 2.45) is 16.5 Å². The summed E-state index contributed by atoms with van der Waals surface area (Å²) in [5.74, 6) is -0.424. The summed E-state index contributed by atoms with van der Waals surface area (Å²) in [5.41, 5.74) is 12.3. The molecular weight excluding hydrogens is 630 g/mol. The van der Waals surface area contributed by atoms with Gasteiger partial charge in [-0.3, -0.25) is 14.6 Å². The monoisotopic (exact) mass is 683 g/mol. The van der Waals surface area contributed by atoms with Gasteiger partial charge >= 0.3 is 12.2 Å². The standard InChI is InChI=1S/C35H53N7O7/c36-33(37)39-20-10-2-1-9-18-31(44)41-25-30(43)24-32(45)38-19-11-12-22-42(35(47)49-27-29-16-7-4-8-17-29)23-13-21-40-34(46)48-26-28-14-5-3-6-15-28/h3-8,14-17,30,43H,1-2,9-13,18-27H2,(H,38,45)(H,40,46)(H,41,44)(H4,36,37,39)/t30-/m0/s1. The van der Waals surface area contributed by atoms with Crippen LogP contribution in [0.15, 0.2) is 65.7 Å². The van der Waals surface area contributed by atoms with E-state index in [0.29, 0.717) is 64.8 Å². The summed E-state index contributed by atoms with van der Waals surface area (Å²) in [5, 5.41) is 18.3. The number of carbonyl (C=O) groups is 4. The molecule has 49 heavy (non-hydrogen) atoms. The molecule has 0 radical (unpaired) electrons. The predicted octanol–water partition coefficient (Wildman–Crippen LogP) is 2.93. The Hall–Kier alpha value is -4.85. The van der Waals surface area contributed by atoms with E-state index >= 15 is 0 Å². The highest BCUT2D eigenvalue weighted by Crippen LogP contribution is 2.07. The summed E-state index contributed by atoms with van der Waals surface area (Å²) in [6, 6.07) is 18.7. The number of aliphatic hydroxyl groups is 1. The Labute approximate surface area is 289 Å². The summed E-state index contributed by atoms with van der Waals surface area (Å²) in [6.07, 6.45) is 3.24. The predicted molar refractivity (Wildman–Crippen MR) is 187 cm³/mol. The first kappa shape index (κ1) is 40.3. The summed E-state index contributed by atoms with van der Waals surface area (Å²) >= 11 is 0. The van der Waals surface area contributed by atoms with Gasteiger partial charge in [0.2, 0.25) is 11.8 Å². The minimum atomic E-state index is -0.998. The number of aliphatic hydroxyl groups excluding tert-OH is 1. The zero-order chi connectivity index (χ0) is 35.5. The number of aliphatic imine (C=N–C) groups is 1. The van der Waals surface area contributed by atoms with Gasteiger partial charge < -0.3 is 46.9 Å². The molecule has 0 bridgehead atoms. The van der Waals surface area contributed by atoms with E-state index in [1.165, 1.54) is 0 Å². The highest BCUT2D eigenvalue weighted by Gasteiger charge is 2.16. The van der Waals surface area contributed by atoms with E-state index in [4.69, 9.17) is 20.9 Å². The minimum absolute atomic E-state index is 0.00357. The maximum Gasteiger partial charge on any atom is 0.410 e. The number of rotatable bonds is 24. The zero-order valence-electron chi connectivity index (χ0n) is 28.3. The van der Waals surface area contributed by atoms with E-state index in [-0.39, 0.29) is 44.0 Å². The lowest BCUT2D eigenvalue weighted by Crippen LogP contribution is -2.37. The molecule has 4 amide bonds. The number of hydrogen-bond donors (Lipinski definition) is 6. The molecule has 2 aromatic carbocycles. The SMILES string of the molecule is NC(N)=NCCCCCCC(=O)NC[C@@H](O)CC(=O)NCCCCN(CCCNC(=O)OCc1ccccc1)C(=O)OCc1ccccc1. The largest absolute Gasteiger partial charge is 0.445 e. The fraction of sp³-hybridized carbons (Fsp3) is 0.514. The van der Waals surface area contributed by atoms with Crippen LogP contribution in [0.2, 0.25) is 0 Å². The maximum absolute atomic E-state index is 12.9. The summed E-state index contributed by atoms with van der Waals surface area (Å²) in [6.45, 7) is 2.31. The van der Waals surface area contributed by atoms with Crippen LogP contribution in [0.1, 0.15) is 68.9 Å². The second-order valence-corrected chi connectivity index (χ2v) is 11.6. The van der Waals surface area contributed by atoms with E-state index in [9.17, 15) is 24.3 Å². The Morgan fingerprint density at radius 3 is 2.00 bits per heavy atom. The average Bonchev–Trinajstić information content (AvgIpc) is 3.09. The van der Waals surface area contributed by atoms with E-state index in [2.05, 4.69) is 20.9 Å². The number of guanidine groups is 1. The Balaban J connectivity index is 1.63. The van der Waals surface area contributed by atoms with Crippen molar-refractivity contribution in [3.63, 3.8) is 0 Å². The van der Waals surface area contributed by atoms with Gasteiger partial charge in [-0.05, 0) is 43.2 Å². The Kier molecular flexibility index (Phi) is 20.7. The molecule has 0 saturated carbocycles. The van der Waals surface area contributed by atoms with E-state index < -0.39 is 18.3 Å². The molecule has 0 aliphatic rings. The Bertz CT molecular complexity index is 1260. The van der Waals surface area contributed by atoms with Crippen molar-refractivity contribution in [1.29, 1.82) is 0 Å². The molecule has 1 atom stereocenters. The number of unbranched alkanes of at least 4 members (excludes halogenated alkanes) is 4. The van der Waals surface area contributed by atoms with Crippen LogP contribution in [0.3, 0.4) is 0 Å². The second-order valence-electron chi connectivity index (χ2n) is 11.6. The summed E-state index contributed by atoms with van der Waals surface area (Å²) < 4.78 is 10.7. The molecule has 8 N–H and O–H groups in total. The van der Waals surface area contributed by atoms with Crippen molar-refractivity contribution in [1.82, 2.24) is 20.9 Å². The van der Waals surface area contributed by atoms with Crippen molar-refractivity contribution >= 4 is 30.0 Å². The normalized spacial score (nSPS) is 11.1. The first-order valence-electron chi connectivity index (χ1n) is 16.9. The first-order valence-corrected chi connectivity index (χ1v) is 16.9. The third kappa shape index (κ3) is 20.9. The van der Waals surface area contributed by atoms with Crippen LogP contribution in [0.5, 0.6) is 0 Å². The number of benzene rings is 2. The van der Waals surface area contributed by atoms with Crippen LogP contribution in [0.25, 0.3) is 0 Å². The van der Waals surface area contributed by atoms with Gasteiger partial charge in [0.25, 0.3) is 0 Å². The molecule has 2 aromatic rings. The number of hydrogen-bond acceptors (Lipinski definition) is 8. The van der Waals surface area contributed by atoms with Gasteiger partial charge in [0.1, 0.15) is 13.2 Å². The first-order chi connectivity index (χ1) is 23.7. The smallest absolute Gasteiger partial charge is 0.410 e. The molecule has 14 heteroatoms. The second kappa shape index (κ2) is 25.2. The molecule has 0 unspecified atom stereocenters. The van der Waals surface area contributed by atoms with Crippen molar-refractivity contribution in [2.45, 2.75) is 77.1 Å². The van der Waals surface area contributed by atoms with Gasteiger partial charge in [-0.15, -0.1) is 0 Å². The highest BCUT2D eigenvalue weighted by atomic mass is 16.6. The maximum atomic E-state index is 12.9. The molecule has 270 valence electrons. The molecule has 0 saturated heterocycles. The molecule has 2 rings (SSSR count). The number of alkyl carbamates (subject to hydrolysis) is 1. The van der Waals surface area contributed by atoms with Crippen molar-refractivity contribution in [3.05, 3.63) is 71.8 Å². The van der Waals surface area contributed by atoms with Crippen LogP contribution in [-0.4, -0.2) is 85.3 Å². The lowest BCUT2D eigenvalue weighted by atomic mass is 10.1. The molecule has 0 spiro atoms. The van der Waals surface area contributed by atoms with Crippen LogP contribution in [0, 0.1) is 0 Å². The van der Waals surface area contributed by atoms with Gasteiger partial charge in [-0.25, -0.2) is 9.59 Å². The molecule has 0 heterocycles. The molecule has 0 fully saturated rings. The average molecular weight is 684 g/mol. The number of nitrogens with two attached hydrogens (primary N) is 2. The topological polar surface area (TPSA) is 211 Å². The fourth-order valence-electron chi connectivity index (χ4n) is 4.63. The third-order valence-electron chi connectivity index (χ3n) is 7.29. The van der Waals surface area contributed by atoms with Crippen LogP contribution >= 0.6 is 0 Å². The van der Waals surface area contributed by atoms with Gasteiger partial charge in [-0.1, -0.05) is 73.5 Å². The third-order valence-corrected chi connectivity index (χ3v) is 7.29. The van der Waals surface area contributed by atoms with E-state index in [1.807, 2.05) is 60.7 Å². The van der Waals surface area contributed by atoms with Gasteiger partial charge in [0, 0.05) is 45.7 Å². The van der Waals surface area contributed by atoms with Crippen LogP contribution in [0.4, 0.5) is 9.59 Å². The fourth-order valence-corrected chi connectivity index (χ4v) is 4.63. The molecular formula is C35H53N7O7. The van der Waals surface area contributed by atoms with E-state index in [1.54, 1.807) is 4.90 Å². The number of ether oxygens (including phenoxy) is 2. The summed E-state index contributed by atoms with van der Waals surface area (Å²) in [7, 11) is 0. The van der Waals surface area contributed by atoms with Crippen molar-refractivity contribution < 1.29 is 33.8 Å². The quantitative estimate of drug-likeness (QED) is 0.0545. The van der Waals surface area contributed by atoms with Crippen molar-refractivity contribution in [3.8, 4) is 0 Å².